The highest BCUT2D eigenvalue weighted by Gasteiger charge is 2.61. The molecule has 5 aromatic rings. The van der Waals surface area contributed by atoms with Gasteiger partial charge in [0.2, 0.25) is 27.4 Å². The van der Waals surface area contributed by atoms with Crippen molar-refractivity contribution in [2.75, 3.05) is 6.54 Å². The Morgan fingerprint density at radius 1 is 0.969 bits per heavy atom. The average molecular weight is 913 g/mol. The molecular weight excluding hydrogens is 862 g/mol. The first-order valence-corrected chi connectivity index (χ1v) is 24.0. The number of ether oxygens (including phenoxy) is 2. The summed E-state index contributed by atoms with van der Waals surface area (Å²) in [5.74, 6) is -1.43. The number of carbonyl (C=O) groups excluding carboxylic acids is 3. The fourth-order valence-corrected chi connectivity index (χ4v) is 10.7. The van der Waals surface area contributed by atoms with E-state index in [0.717, 1.165) is 30.4 Å². The number of furan rings is 1. The van der Waals surface area contributed by atoms with Gasteiger partial charge in [0.1, 0.15) is 23.0 Å². The molecular formula is C49H51F3N4O8S. The predicted octanol–water partition coefficient (Wildman–Crippen LogP) is 9.15. The van der Waals surface area contributed by atoms with Crippen molar-refractivity contribution in [3.63, 3.8) is 0 Å². The maximum atomic E-state index is 15.0. The van der Waals surface area contributed by atoms with Crippen LogP contribution in [0.15, 0.2) is 89.4 Å². The van der Waals surface area contributed by atoms with E-state index in [1.807, 2.05) is 68.5 Å². The quantitative estimate of drug-likeness (QED) is 0.134. The fraction of sp³-hybridized carbons (Fsp3) is 0.449. The van der Waals surface area contributed by atoms with Crippen LogP contribution in [-0.4, -0.2) is 70.9 Å². The number of allylic oxidation sites excluding steroid dienone is 2. The predicted molar refractivity (Wildman–Crippen MR) is 236 cm³/mol. The molecule has 2 amide bonds. The molecule has 5 atom stereocenters. The molecule has 12 nitrogen and oxygen atoms in total. The van der Waals surface area contributed by atoms with Crippen LogP contribution in [0.5, 0.6) is 11.6 Å². The molecule has 342 valence electrons. The SMILES string of the molecule is CC(C)Oc1ccc(-c2nc(O[C@@H]3C[C@H]4C(=O)C[C@]5(C(=O)NS(=O)(=O)C6CC6)C[C@@H]5/C=C\CCCCC[C@H](Cc5ccc(C(F)(F)F)cc5)C(=O)N4C3)c3oc4ccccc4c3n2)cc1. The molecule has 0 radical (unpaired) electrons. The van der Waals surface area contributed by atoms with Crippen LogP contribution in [0.3, 0.4) is 0 Å². The fourth-order valence-electron chi connectivity index (χ4n) is 9.32. The van der Waals surface area contributed by atoms with Crippen LogP contribution in [0.25, 0.3) is 33.5 Å². The normalized spacial score (nSPS) is 24.9. The van der Waals surface area contributed by atoms with Crippen molar-refractivity contribution < 1.29 is 49.9 Å². The highest BCUT2D eigenvalue weighted by atomic mass is 32.2. The van der Waals surface area contributed by atoms with Gasteiger partial charge in [-0.1, -0.05) is 49.3 Å². The second-order valence-electron chi connectivity index (χ2n) is 18.2. The molecule has 1 saturated heterocycles. The minimum atomic E-state index is -4.52. The van der Waals surface area contributed by atoms with Gasteiger partial charge in [-0.3, -0.25) is 19.1 Å². The molecule has 0 unspecified atom stereocenters. The van der Waals surface area contributed by atoms with Crippen molar-refractivity contribution in [1.29, 1.82) is 0 Å². The molecule has 3 aromatic carbocycles. The highest BCUT2D eigenvalue weighted by molar-refractivity contribution is 7.90. The molecule has 3 fully saturated rings. The summed E-state index contributed by atoms with van der Waals surface area (Å²) in [6, 6.07) is 18.4. The van der Waals surface area contributed by atoms with Gasteiger partial charge in [-0.15, -0.1) is 0 Å². The Bertz CT molecular complexity index is 2750. The lowest BCUT2D eigenvalue weighted by atomic mass is 9.90. The van der Waals surface area contributed by atoms with Crippen molar-refractivity contribution in [3.8, 4) is 23.0 Å². The Kier molecular flexibility index (Phi) is 12.0. The summed E-state index contributed by atoms with van der Waals surface area (Å²) in [6.45, 7) is 3.83. The van der Waals surface area contributed by atoms with E-state index in [-0.39, 0.29) is 61.6 Å². The van der Waals surface area contributed by atoms with E-state index in [2.05, 4.69) is 4.72 Å². The van der Waals surface area contributed by atoms with Gasteiger partial charge in [-0.2, -0.15) is 18.2 Å². The zero-order valence-electron chi connectivity index (χ0n) is 36.2. The van der Waals surface area contributed by atoms with Gasteiger partial charge < -0.3 is 18.8 Å². The number of hydrogen-bond donors (Lipinski definition) is 1. The van der Waals surface area contributed by atoms with Crippen molar-refractivity contribution in [2.45, 2.75) is 114 Å². The lowest BCUT2D eigenvalue weighted by Gasteiger charge is -2.29. The third-order valence-electron chi connectivity index (χ3n) is 13.0. The molecule has 4 heterocycles. The van der Waals surface area contributed by atoms with Crippen molar-refractivity contribution in [3.05, 3.63) is 96.1 Å². The number of amides is 2. The summed E-state index contributed by atoms with van der Waals surface area (Å²) in [5.41, 5.74) is 0.437. The number of nitrogens with zero attached hydrogens (tertiary/aromatic N) is 3. The van der Waals surface area contributed by atoms with E-state index in [1.54, 1.807) is 6.07 Å². The standard InChI is InChI=1S/C49H51F3N4O8S/c1-29(2)62-35-20-16-31(17-21-35)44-53-42-38-12-8-9-13-41(38)64-43(42)45(54-44)63-36-25-39-40(57)27-48(47(59)55-65(60,61)37-22-23-37)26-34(48)11-7-5-3-4-6-10-32(46(58)56(39)28-36)24-30-14-18-33(19-15-30)49(50,51)52/h7-9,11-21,29,32,34,36-37,39H,3-6,10,22-28H2,1-2H3,(H,55,59)/b11-7-/t32-,34+,36-,39+,48-/m1/s1. The number of aromatic nitrogens is 2. The van der Waals surface area contributed by atoms with Gasteiger partial charge in [0, 0.05) is 29.7 Å². The number of sulfonamides is 1. The van der Waals surface area contributed by atoms with Crippen molar-refractivity contribution in [1.82, 2.24) is 19.6 Å². The van der Waals surface area contributed by atoms with E-state index in [0.29, 0.717) is 65.9 Å². The molecule has 16 heteroatoms. The molecule has 2 saturated carbocycles. The number of ketones is 1. The zero-order valence-corrected chi connectivity index (χ0v) is 37.0. The van der Waals surface area contributed by atoms with Gasteiger partial charge in [0.15, 0.2) is 11.6 Å². The van der Waals surface area contributed by atoms with Gasteiger partial charge in [0.25, 0.3) is 5.88 Å². The Balaban J connectivity index is 1.07. The number of carbonyl (C=O) groups is 3. The van der Waals surface area contributed by atoms with Crippen LogP contribution >= 0.6 is 0 Å². The van der Waals surface area contributed by atoms with Crippen LogP contribution in [-0.2, 0) is 37.0 Å². The van der Waals surface area contributed by atoms with Crippen LogP contribution in [0.4, 0.5) is 13.2 Å². The number of halogens is 3. The van der Waals surface area contributed by atoms with Crippen LogP contribution in [0.2, 0.25) is 0 Å². The first-order valence-electron chi connectivity index (χ1n) is 22.4. The molecule has 2 aromatic heterocycles. The van der Waals surface area contributed by atoms with E-state index < -0.39 is 62.2 Å². The first kappa shape index (κ1) is 44.4. The number of para-hydroxylation sites is 1. The maximum absolute atomic E-state index is 15.0. The largest absolute Gasteiger partial charge is 0.491 e. The summed E-state index contributed by atoms with van der Waals surface area (Å²) in [5, 5.41) is 0.0846. The lowest BCUT2D eigenvalue weighted by molar-refractivity contribution is -0.142. The number of nitrogens with one attached hydrogen (secondary N) is 1. The van der Waals surface area contributed by atoms with Gasteiger partial charge >= 0.3 is 6.18 Å². The molecule has 65 heavy (non-hydrogen) atoms. The van der Waals surface area contributed by atoms with Crippen LogP contribution in [0, 0.1) is 17.3 Å². The Morgan fingerprint density at radius 2 is 1.72 bits per heavy atom. The Labute approximate surface area is 375 Å². The molecule has 2 aliphatic carbocycles. The third kappa shape index (κ3) is 9.50. The van der Waals surface area contributed by atoms with Gasteiger partial charge in [0.05, 0.1) is 34.9 Å². The van der Waals surface area contributed by atoms with E-state index in [4.69, 9.17) is 23.9 Å². The van der Waals surface area contributed by atoms with E-state index >= 15 is 0 Å². The minimum absolute atomic E-state index is 0.0262. The number of hydrogen-bond acceptors (Lipinski definition) is 10. The summed E-state index contributed by atoms with van der Waals surface area (Å²) >= 11 is 0. The number of fused-ring (bicyclic) bond motifs is 5. The van der Waals surface area contributed by atoms with Crippen LogP contribution in [0.1, 0.15) is 89.2 Å². The highest BCUT2D eigenvalue weighted by Crippen LogP contribution is 2.57. The summed E-state index contributed by atoms with van der Waals surface area (Å²) in [4.78, 5) is 55.0. The summed E-state index contributed by atoms with van der Waals surface area (Å²) < 4.78 is 87.7. The average Bonchev–Trinajstić information content (AvgIpc) is 4.17. The van der Waals surface area contributed by atoms with E-state index in [1.165, 1.54) is 17.0 Å². The van der Waals surface area contributed by atoms with E-state index in [9.17, 15) is 36.0 Å². The summed E-state index contributed by atoms with van der Waals surface area (Å²) in [6.07, 6.45) is 2.91. The second-order valence-corrected chi connectivity index (χ2v) is 20.2. The minimum Gasteiger partial charge on any atom is -0.491 e. The number of Topliss-reactive ketones (excluding diaryl/α,β-unsaturated/α-hetero) is 1. The molecule has 0 spiro atoms. The Hall–Kier alpha value is -5.77. The van der Waals surface area contributed by atoms with Crippen molar-refractivity contribution in [2.24, 2.45) is 17.3 Å². The lowest BCUT2D eigenvalue weighted by Crippen LogP contribution is -2.46. The third-order valence-corrected chi connectivity index (χ3v) is 14.9. The van der Waals surface area contributed by atoms with Gasteiger partial charge in [-0.25, -0.2) is 13.4 Å². The molecule has 4 aliphatic rings. The van der Waals surface area contributed by atoms with Gasteiger partial charge in [-0.05, 0) is 119 Å². The topological polar surface area (TPSA) is 158 Å². The molecule has 1 N–H and O–H groups in total. The van der Waals surface area contributed by atoms with Crippen LogP contribution < -0.4 is 14.2 Å². The van der Waals surface area contributed by atoms with Crippen molar-refractivity contribution >= 4 is 49.7 Å². The number of alkyl halides is 3. The maximum Gasteiger partial charge on any atom is 0.416 e. The smallest absolute Gasteiger partial charge is 0.416 e. The molecule has 9 rings (SSSR count). The number of benzene rings is 3. The zero-order chi connectivity index (χ0) is 45.7. The Morgan fingerprint density at radius 3 is 2.45 bits per heavy atom. The molecule has 2 aliphatic heterocycles. The summed E-state index contributed by atoms with van der Waals surface area (Å²) in [7, 11) is -3.92. The number of rotatable bonds is 10. The first-order chi connectivity index (χ1) is 31.1. The molecule has 0 bridgehead atoms. The monoisotopic (exact) mass is 912 g/mol. The second kappa shape index (κ2) is 17.6.